The zero-order chi connectivity index (χ0) is 24.7. The van der Waals surface area contributed by atoms with E-state index in [1.54, 1.807) is 0 Å². The minimum Gasteiger partial charge on any atom is -0.375 e. The standard InChI is InChI=1S/C14H23N5.C12H22FN/c1-4-17-14(16-3)10-12-9-13(6-5-11(12)2)19-18-8-7-15;1-4-12(10-13)5-7-14(8-6-12)9-11(2)3/h5-7,9-10,15-19H,4,8H2,1-3H3;4,11H,1,5-10H2,2-3H3/b14-10-,15-7?;. The third-order valence-electron chi connectivity index (χ3n) is 5.83. The molecule has 6 nitrogen and oxygen atoms in total. The Kier molecular flexibility index (Phi) is 13.4. The monoisotopic (exact) mass is 460 g/mol. The number of likely N-dealkylation sites (tertiary alicyclic amines) is 1. The summed E-state index contributed by atoms with van der Waals surface area (Å²) in [7, 11) is 1.90. The summed E-state index contributed by atoms with van der Waals surface area (Å²) in [6.07, 6.45) is 7.08. The first-order chi connectivity index (χ1) is 15.8. The Morgan fingerprint density at radius 1 is 1.30 bits per heavy atom. The maximum atomic E-state index is 12.8. The smallest absolute Gasteiger partial charge is 0.0989 e. The number of rotatable bonds is 12. The van der Waals surface area contributed by atoms with Crippen LogP contribution in [-0.4, -0.2) is 57.6 Å². The molecular formula is C26H45FN6. The Balaban J connectivity index is 0.000000346. The SMILES string of the molecule is C=CC1(CF)CCN(CC(C)C)CC1.CCN/C(=C\c1cc(NNCC=N)ccc1C)NC. The van der Waals surface area contributed by atoms with E-state index in [1.165, 1.54) is 11.8 Å². The molecule has 0 bridgehead atoms. The van der Waals surface area contributed by atoms with Gasteiger partial charge < -0.3 is 26.4 Å². The summed E-state index contributed by atoms with van der Waals surface area (Å²) >= 11 is 0. The van der Waals surface area contributed by atoms with Crippen molar-refractivity contribution in [2.24, 2.45) is 11.3 Å². The van der Waals surface area contributed by atoms with Gasteiger partial charge in [0.1, 0.15) is 0 Å². The zero-order valence-corrected chi connectivity index (χ0v) is 21.2. The van der Waals surface area contributed by atoms with Crippen LogP contribution in [0.1, 0.15) is 44.7 Å². The lowest BCUT2D eigenvalue weighted by molar-refractivity contribution is 0.107. The van der Waals surface area contributed by atoms with Crippen molar-refractivity contribution in [3.63, 3.8) is 0 Å². The first kappa shape index (κ1) is 28.7. The largest absolute Gasteiger partial charge is 0.375 e. The van der Waals surface area contributed by atoms with Crippen molar-refractivity contribution in [2.45, 2.75) is 40.5 Å². The molecule has 1 saturated heterocycles. The molecule has 0 unspecified atom stereocenters. The highest BCUT2D eigenvalue weighted by molar-refractivity contribution is 5.62. The molecule has 1 aliphatic heterocycles. The summed E-state index contributed by atoms with van der Waals surface area (Å²) in [4.78, 5) is 2.43. The van der Waals surface area contributed by atoms with Crippen molar-refractivity contribution < 1.29 is 4.39 Å². The van der Waals surface area contributed by atoms with Crippen LogP contribution in [0.2, 0.25) is 0 Å². The molecule has 0 aliphatic carbocycles. The van der Waals surface area contributed by atoms with Crippen LogP contribution < -0.4 is 21.5 Å². The number of aryl methyl sites for hydroxylation is 1. The molecule has 2 rings (SSSR count). The summed E-state index contributed by atoms with van der Waals surface area (Å²) in [5, 5.41) is 13.4. The Bertz CT molecular complexity index is 738. The van der Waals surface area contributed by atoms with Gasteiger partial charge in [-0.2, -0.15) is 0 Å². The molecule has 0 radical (unpaired) electrons. The molecule has 33 heavy (non-hydrogen) atoms. The van der Waals surface area contributed by atoms with Gasteiger partial charge in [-0.05, 0) is 75.0 Å². The Hall–Kier alpha value is -2.38. The number of nitrogens with one attached hydrogen (secondary N) is 5. The fraction of sp³-hybridized carbons (Fsp3) is 0.577. The molecule has 1 aliphatic rings. The minimum atomic E-state index is -0.244. The number of alkyl halides is 1. The van der Waals surface area contributed by atoms with E-state index < -0.39 is 0 Å². The van der Waals surface area contributed by atoms with E-state index in [1.807, 2.05) is 19.2 Å². The van der Waals surface area contributed by atoms with E-state index in [0.717, 1.165) is 56.1 Å². The molecule has 1 aromatic rings. The summed E-state index contributed by atoms with van der Waals surface area (Å²) < 4.78 is 12.8. The third-order valence-corrected chi connectivity index (χ3v) is 5.83. The number of allylic oxidation sites excluding steroid dienone is 1. The second-order valence-corrected chi connectivity index (χ2v) is 9.01. The Morgan fingerprint density at radius 3 is 2.52 bits per heavy atom. The van der Waals surface area contributed by atoms with Crippen molar-refractivity contribution >= 4 is 18.0 Å². The average Bonchev–Trinajstić information content (AvgIpc) is 2.81. The van der Waals surface area contributed by atoms with Gasteiger partial charge in [-0.1, -0.05) is 26.0 Å². The van der Waals surface area contributed by atoms with Crippen LogP contribution in [0, 0.1) is 23.7 Å². The van der Waals surface area contributed by atoms with Crippen LogP contribution in [0.4, 0.5) is 10.1 Å². The lowest BCUT2D eigenvalue weighted by atomic mass is 9.79. The fourth-order valence-electron chi connectivity index (χ4n) is 3.73. The Morgan fingerprint density at radius 2 is 2.00 bits per heavy atom. The molecule has 0 spiro atoms. The van der Waals surface area contributed by atoms with Gasteiger partial charge in [0.05, 0.1) is 12.5 Å². The van der Waals surface area contributed by atoms with E-state index in [2.05, 4.69) is 78.9 Å². The molecule has 7 heteroatoms. The highest BCUT2D eigenvalue weighted by Crippen LogP contribution is 2.33. The van der Waals surface area contributed by atoms with Gasteiger partial charge in [0.15, 0.2) is 0 Å². The first-order valence-electron chi connectivity index (χ1n) is 12.0. The lowest BCUT2D eigenvalue weighted by Crippen LogP contribution is -2.41. The number of nitrogens with zero attached hydrogens (tertiary/aromatic N) is 1. The molecule has 0 saturated carbocycles. The Labute approximate surface area is 200 Å². The molecule has 1 fully saturated rings. The van der Waals surface area contributed by atoms with E-state index in [4.69, 9.17) is 5.41 Å². The number of benzene rings is 1. The predicted molar refractivity (Wildman–Crippen MR) is 141 cm³/mol. The van der Waals surface area contributed by atoms with Gasteiger partial charge in [0, 0.05) is 44.0 Å². The van der Waals surface area contributed by atoms with Crippen molar-refractivity contribution in [1.82, 2.24) is 21.0 Å². The van der Waals surface area contributed by atoms with Crippen molar-refractivity contribution in [3.05, 3.63) is 47.8 Å². The van der Waals surface area contributed by atoms with Crippen LogP contribution in [0.25, 0.3) is 6.08 Å². The third kappa shape index (κ3) is 10.4. The van der Waals surface area contributed by atoms with Gasteiger partial charge in [0.25, 0.3) is 0 Å². The van der Waals surface area contributed by atoms with E-state index in [-0.39, 0.29) is 12.1 Å². The molecule has 5 N–H and O–H groups in total. The summed E-state index contributed by atoms with van der Waals surface area (Å²) in [6.45, 7) is 16.7. The van der Waals surface area contributed by atoms with E-state index in [0.29, 0.717) is 12.5 Å². The van der Waals surface area contributed by atoms with E-state index >= 15 is 0 Å². The van der Waals surface area contributed by atoms with Crippen LogP contribution in [-0.2, 0) is 0 Å². The normalized spacial score (nSPS) is 15.9. The minimum absolute atomic E-state index is 0.215. The first-order valence-corrected chi connectivity index (χ1v) is 12.0. The van der Waals surface area contributed by atoms with Crippen molar-refractivity contribution in [2.75, 3.05) is 51.9 Å². The summed E-state index contributed by atoms with van der Waals surface area (Å²) in [6, 6.07) is 6.15. The van der Waals surface area contributed by atoms with Crippen molar-refractivity contribution in [1.29, 1.82) is 5.41 Å². The fourth-order valence-corrected chi connectivity index (χ4v) is 3.73. The molecule has 0 aromatic heterocycles. The zero-order valence-electron chi connectivity index (χ0n) is 21.2. The highest BCUT2D eigenvalue weighted by Gasteiger charge is 2.31. The quantitative estimate of drug-likeness (QED) is 0.137. The van der Waals surface area contributed by atoms with Gasteiger partial charge >= 0.3 is 0 Å². The molecule has 1 heterocycles. The number of hydrazine groups is 1. The molecule has 186 valence electrons. The number of hydrogen-bond donors (Lipinski definition) is 5. The maximum Gasteiger partial charge on any atom is 0.0989 e. The molecule has 1 aromatic carbocycles. The number of hydrogen-bond acceptors (Lipinski definition) is 6. The second-order valence-electron chi connectivity index (χ2n) is 9.01. The van der Waals surface area contributed by atoms with Gasteiger partial charge in [0.2, 0.25) is 0 Å². The predicted octanol–water partition coefficient (Wildman–Crippen LogP) is 4.57. The van der Waals surface area contributed by atoms with Crippen molar-refractivity contribution in [3.8, 4) is 0 Å². The summed E-state index contributed by atoms with van der Waals surface area (Å²) in [5.41, 5.74) is 9.13. The van der Waals surface area contributed by atoms with Crippen LogP contribution >= 0.6 is 0 Å². The van der Waals surface area contributed by atoms with Crippen LogP contribution in [0.15, 0.2) is 36.7 Å². The van der Waals surface area contributed by atoms with E-state index in [9.17, 15) is 4.39 Å². The van der Waals surface area contributed by atoms with Crippen LogP contribution in [0.3, 0.4) is 0 Å². The number of piperidine rings is 1. The van der Waals surface area contributed by atoms with Crippen LogP contribution in [0.5, 0.6) is 0 Å². The maximum absolute atomic E-state index is 12.8. The summed E-state index contributed by atoms with van der Waals surface area (Å²) in [5.74, 6) is 1.70. The van der Waals surface area contributed by atoms with Gasteiger partial charge in [-0.3, -0.25) is 4.39 Å². The van der Waals surface area contributed by atoms with Gasteiger partial charge in [-0.25, -0.2) is 5.43 Å². The second kappa shape index (κ2) is 15.5. The number of anilines is 1. The average molecular weight is 461 g/mol. The molecule has 0 atom stereocenters. The highest BCUT2D eigenvalue weighted by atomic mass is 19.1. The van der Waals surface area contributed by atoms with Gasteiger partial charge in [-0.15, -0.1) is 6.58 Å². The number of halogens is 1. The molecular weight excluding hydrogens is 415 g/mol. The molecule has 0 amide bonds. The lowest BCUT2D eigenvalue weighted by Gasteiger charge is -2.38. The topological polar surface area (TPSA) is 75.2 Å².